The fraction of sp³-hybridized carbons (Fsp3) is 0.562. The van der Waals surface area contributed by atoms with Crippen molar-refractivity contribution in [2.45, 2.75) is 6.54 Å². The van der Waals surface area contributed by atoms with Gasteiger partial charge in [0.05, 0.1) is 0 Å². The zero-order chi connectivity index (χ0) is 14.9. The van der Waals surface area contributed by atoms with E-state index in [4.69, 9.17) is 5.73 Å². The molecule has 2 bridgehead atoms. The lowest BCUT2D eigenvalue weighted by molar-refractivity contribution is -1.08. The largest absolute Gasteiger partial charge is 0.388 e. The molecule has 5 nitrogen and oxygen atoms in total. The van der Waals surface area contributed by atoms with Gasteiger partial charge in [-0.05, 0) is 12.1 Å². The molecule has 3 N–H and O–H groups in total. The van der Waals surface area contributed by atoms with E-state index in [1.165, 1.54) is 29.7 Å². The van der Waals surface area contributed by atoms with E-state index < -0.39 is 0 Å². The average Bonchev–Trinajstić information content (AvgIpc) is 2.49. The topological polar surface area (TPSA) is 55.1 Å². The van der Waals surface area contributed by atoms with Crippen molar-refractivity contribution in [1.82, 2.24) is 0 Å². The number of hydrogen-bond donors (Lipinski definition) is 2. The summed E-state index contributed by atoms with van der Waals surface area (Å²) in [4.78, 5) is 11.3. The Morgan fingerprint density at radius 1 is 1.05 bits per heavy atom. The highest BCUT2D eigenvalue weighted by molar-refractivity contribution is 5.74. The molecule has 0 atom stereocenters. The lowest BCUT2D eigenvalue weighted by Gasteiger charge is -2.55. The SMILES string of the molecule is CNc1ccc(C[N+]23CC[N+](CC(N)=O)(CC2)CC3)cc1. The number of rotatable bonds is 5. The predicted molar refractivity (Wildman–Crippen MR) is 83.5 cm³/mol. The summed E-state index contributed by atoms with van der Waals surface area (Å²) in [7, 11) is 1.95. The number of benzene rings is 1. The van der Waals surface area contributed by atoms with E-state index in [2.05, 4.69) is 29.6 Å². The molecular weight excluding hydrogens is 264 g/mol. The molecular formula is C16H26N4O+2. The van der Waals surface area contributed by atoms with Crippen LogP contribution in [-0.2, 0) is 11.3 Å². The first-order chi connectivity index (χ1) is 10.0. The molecule has 21 heavy (non-hydrogen) atoms. The van der Waals surface area contributed by atoms with E-state index in [0.29, 0.717) is 6.54 Å². The van der Waals surface area contributed by atoms with Gasteiger partial charge in [-0.1, -0.05) is 12.1 Å². The third-order valence-electron chi connectivity index (χ3n) is 5.40. The van der Waals surface area contributed by atoms with Crippen LogP contribution in [0.2, 0.25) is 0 Å². The summed E-state index contributed by atoms with van der Waals surface area (Å²) < 4.78 is 2.10. The van der Waals surface area contributed by atoms with Gasteiger partial charge in [-0.2, -0.15) is 0 Å². The Balaban J connectivity index is 1.66. The summed E-state index contributed by atoms with van der Waals surface area (Å²) in [5, 5.41) is 3.16. The number of primary amides is 1. The maximum atomic E-state index is 11.3. The van der Waals surface area contributed by atoms with Gasteiger partial charge in [0, 0.05) is 18.3 Å². The maximum Gasteiger partial charge on any atom is 0.272 e. The number of nitrogens with zero attached hydrogens (tertiary/aromatic N) is 2. The number of nitrogens with two attached hydrogens (primary N) is 1. The molecule has 0 saturated carbocycles. The number of carbonyl (C=O) groups excluding carboxylic acids is 1. The van der Waals surface area contributed by atoms with Gasteiger partial charge in [-0.15, -0.1) is 0 Å². The zero-order valence-corrected chi connectivity index (χ0v) is 12.8. The molecule has 3 saturated heterocycles. The summed E-state index contributed by atoms with van der Waals surface area (Å²) in [6.45, 7) is 8.42. The Bertz CT molecular complexity index is 501. The molecule has 3 aliphatic heterocycles. The molecule has 5 heteroatoms. The Hall–Kier alpha value is -1.59. The third kappa shape index (κ3) is 2.89. The number of carbonyl (C=O) groups is 1. The first-order valence-corrected chi connectivity index (χ1v) is 7.80. The molecule has 0 aliphatic carbocycles. The third-order valence-corrected chi connectivity index (χ3v) is 5.40. The van der Waals surface area contributed by atoms with Crippen molar-refractivity contribution < 1.29 is 13.8 Å². The summed E-state index contributed by atoms with van der Waals surface area (Å²) >= 11 is 0. The molecule has 1 aromatic carbocycles. The second-order valence-electron chi connectivity index (χ2n) is 6.75. The first-order valence-electron chi connectivity index (χ1n) is 7.80. The Kier molecular flexibility index (Phi) is 3.63. The number of piperazine rings is 3. The molecule has 3 heterocycles. The maximum absolute atomic E-state index is 11.3. The van der Waals surface area contributed by atoms with Crippen LogP contribution in [0.25, 0.3) is 0 Å². The van der Waals surface area contributed by atoms with Crippen molar-refractivity contribution in [3.63, 3.8) is 0 Å². The lowest BCUT2D eigenvalue weighted by Crippen LogP contribution is -2.75. The molecule has 114 valence electrons. The summed E-state index contributed by atoms with van der Waals surface area (Å²) in [5.74, 6) is -0.153. The highest BCUT2D eigenvalue weighted by Crippen LogP contribution is 2.28. The second-order valence-corrected chi connectivity index (χ2v) is 6.75. The minimum atomic E-state index is -0.153. The van der Waals surface area contributed by atoms with Gasteiger partial charge in [0.25, 0.3) is 5.91 Å². The fourth-order valence-electron chi connectivity index (χ4n) is 3.91. The van der Waals surface area contributed by atoms with Gasteiger partial charge >= 0.3 is 0 Å². The number of fused-ring (bicyclic) bond motifs is 3. The second kappa shape index (κ2) is 5.31. The van der Waals surface area contributed by atoms with Crippen molar-refractivity contribution in [3.05, 3.63) is 29.8 Å². The van der Waals surface area contributed by atoms with Gasteiger partial charge < -0.3 is 20.0 Å². The van der Waals surface area contributed by atoms with Crippen LogP contribution in [0.5, 0.6) is 0 Å². The van der Waals surface area contributed by atoms with Gasteiger partial charge in [0.1, 0.15) is 45.8 Å². The molecule has 1 amide bonds. The minimum Gasteiger partial charge on any atom is -0.388 e. The van der Waals surface area contributed by atoms with Crippen LogP contribution in [0.3, 0.4) is 0 Å². The summed E-state index contributed by atoms with van der Waals surface area (Å²) in [5.41, 5.74) is 7.99. The van der Waals surface area contributed by atoms with Crippen LogP contribution >= 0.6 is 0 Å². The monoisotopic (exact) mass is 290 g/mol. The van der Waals surface area contributed by atoms with Crippen molar-refractivity contribution in [1.29, 1.82) is 0 Å². The van der Waals surface area contributed by atoms with E-state index in [-0.39, 0.29) is 5.91 Å². The Morgan fingerprint density at radius 3 is 2.05 bits per heavy atom. The van der Waals surface area contributed by atoms with Crippen LogP contribution < -0.4 is 11.1 Å². The van der Waals surface area contributed by atoms with E-state index in [1.54, 1.807) is 0 Å². The van der Waals surface area contributed by atoms with Crippen LogP contribution in [0.1, 0.15) is 5.56 Å². The number of quaternary nitrogens is 2. The Morgan fingerprint density at radius 2 is 1.57 bits per heavy atom. The van der Waals surface area contributed by atoms with Crippen molar-refractivity contribution in [3.8, 4) is 0 Å². The quantitative estimate of drug-likeness (QED) is 0.770. The zero-order valence-electron chi connectivity index (χ0n) is 12.8. The van der Waals surface area contributed by atoms with Crippen molar-refractivity contribution in [2.24, 2.45) is 5.73 Å². The van der Waals surface area contributed by atoms with Crippen molar-refractivity contribution >= 4 is 11.6 Å². The number of hydrogen-bond acceptors (Lipinski definition) is 2. The van der Waals surface area contributed by atoms with Crippen molar-refractivity contribution in [2.75, 3.05) is 58.2 Å². The van der Waals surface area contributed by atoms with Crippen LogP contribution in [-0.4, -0.2) is 67.7 Å². The highest BCUT2D eigenvalue weighted by atomic mass is 16.1. The smallest absolute Gasteiger partial charge is 0.272 e. The Labute approximate surface area is 126 Å². The van der Waals surface area contributed by atoms with Gasteiger partial charge in [-0.25, -0.2) is 0 Å². The summed E-state index contributed by atoms with van der Waals surface area (Å²) in [6, 6.07) is 8.76. The van der Waals surface area contributed by atoms with Gasteiger partial charge in [-0.3, -0.25) is 4.79 Å². The molecule has 3 aliphatic rings. The summed E-state index contributed by atoms with van der Waals surface area (Å²) in [6.07, 6.45) is 0. The van der Waals surface area contributed by atoms with E-state index in [1.807, 2.05) is 7.05 Å². The lowest BCUT2D eigenvalue weighted by atomic mass is 10.0. The molecule has 0 spiro atoms. The highest BCUT2D eigenvalue weighted by Gasteiger charge is 2.49. The fourth-order valence-corrected chi connectivity index (χ4v) is 3.91. The molecule has 0 radical (unpaired) electrons. The van der Waals surface area contributed by atoms with Crippen LogP contribution in [0.15, 0.2) is 24.3 Å². The number of nitrogens with one attached hydrogen (secondary N) is 1. The van der Waals surface area contributed by atoms with Crippen LogP contribution in [0.4, 0.5) is 5.69 Å². The molecule has 0 unspecified atom stereocenters. The molecule has 4 rings (SSSR count). The standard InChI is InChI=1S/C16H25N4O/c1-18-15-4-2-14(3-5-15)12-19-6-9-20(10-7-19,11-8-19)13-16(17)21/h2-5,18H,6-13H2,1H3,(H-,17,21)/q+1/p+1. The average molecular weight is 290 g/mol. The number of anilines is 1. The van der Waals surface area contributed by atoms with Gasteiger partial charge in [0.15, 0.2) is 6.54 Å². The van der Waals surface area contributed by atoms with E-state index in [9.17, 15) is 4.79 Å². The predicted octanol–water partition coefficient (Wildman–Crippen LogP) is 0.374. The minimum absolute atomic E-state index is 0.153. The van der Waals surface area contributed by atoms with E-state index >= 15 is 0 Å². The molecule has 1 aromatic rings. The molecule has 0 aromatic heterocycles. The molecule has 3 fully saturated rings. The van der Waals surface area contributed by atoms with E-state index in [0.717, 1.165) is 36.3 Å². The first kappa shape index (κ1) is 14.4. The van der Waals surface area contributed by atoms with Gasteiger partial charge in [0.2, 0.25) is 0 Å². The van der Waals surface area contributed by atoms with Crippen LogP contribution in [0, 0.1) is 0 Å². The number of amides is 1. The normalized spacial score (nSPS) is 31.1.